The third-order valence-corrected chi connectivity index (χ3v) is 3.19. The van der Waals surface area contributed by atoms with E-state index in [9.17, 15) is 18.0 Å². The Kier molecular flexibility index (Phi) is 4.92. The number of benzene rings is 2. The van der Waals surface area contributed by atoms with Crippen molar-refractivity contribution in [1.29, 1.82) is 0 Å². The molecule has 0 radical (unpaired) electrons. The number of carbonyl (C=O) groups is 1. The summed E-state index contributed by atoms with van der Waals surface area (Å²) in [5, 5.41) is 5.29. The van der Waals surface area contributed by atoms with Gasteiger partial charge in [0.15, 0.2) is 17.5 Å². The second-order valence-corrected chi connectivity index (χ2v) is 5.02. The van der Waals surface area contributed by atoms with Crippen molar-refractivity contribution in [2.75, 3.05) is 17.2 Å². The minimum atomic E-state index is -1.59. The first kappa shape index (κ1) is 16.2. The van der Waals surface area contributed by atoms with E-state index in [-0.39, 0.29) is 12.2 Å². The van der Waals surface area contributed by atoms with Crippen molar-refractivity contribution in [2.24, 2.45) is 0 Å². The van der Waals surface area contributed by atoms with Gasteiger partial charge in [0.05, 0.1) is 22.9 Å². The zero-order valence-corrected chi connectivity index (χ0v) is 12.3. The van der Waals surface area contributed by atoms with Crippen molar-refractivity contribution in [2.45, 2.75) is 6.92 Å². The summed E-state index contributed by atoms with van der Waals surface area (Å²) < 4.78 is 39.2. The van der Waals surface area contributed by atoms with Crippen LogP contribution in [0.4, 0.5) is 24.5 Å². The summed E-state index contributed by atoms with van der Waals surface area (Å²) in [6.45, 7) is 1.52. The number of hydrogen-bond acceptors (Lipinski definition) is 2. The van der Waals surface area contributed by atoms with Crippen molar-refractivity contribution in [3.8, 4) is 0 Å². The van der Waals surface area contributed by atoms with Gasteiger partial charge < -0.3 is 10.6 Å². The predicted octanol–water partition coefficient (Wildman–Crippen LogP) is 4.12. The number of aryl methyl sites for hydroxylation is 1. The maximum Gasteiger partial charge on any atom is 0.243 e. The van der Waals surface area contributed by atoms with E-state index in [1.165, 1.54) is 0 Å². The molecule has 116 valence electrons. The second kappa shape index (κ2) is 6.70. The molecule has 0 saturated heterocycles. The molecule has 0 aliphatic rings. The normalized spacial score (nSPS) is 10.4. The van der Waals surface area contributed by atoms with Crippen LogP contribution in [0.25, 0.3) is 0 Å². The summed E-state index contributed by atoms with van der Waals surface area (Å²) in [6, 6.07) is 6.87. The Balaban J connectivity index is 2.00. The first-order valence-corrected chi connectivity index (χ1v) is 6.69. The third-order valence-electron chi connectivity index (χ3n) is 2.87. The van der Waals surface area contributed by atoms with Gasteiger partial charge in [0.1, 0.15) is 0 Å². The Morgan fingerprint density at radius 3 is 2.45 bits per heavy atom. The summed E-state index contributed by atoms with van der Waals surface area (Å²) in [5.74, 6) is -4.76. The Bertz CT molecular complexity index is 722. The average molecular weight is 329 g/mol. The second-order valence-electron chi connectivity index (χ2n) is 4.61. The topological polar surface area (TPSA) is 41.1 Å². The molecule has 3 nitrogen and oxygen atoms in total. The van der Waals surface area contributed by atoms with Crippen LogP contribution in [0, 0.1) is 24.4 Å². The molecule has 2 N–H and O–H groups in total. The maximum atomic E-state index is 13.4. The highest BCUT2D eigenvalue weighted by Gasteiger charge is 2.14. The summed E-state index contributed by atoms with van der Waals surface area (Å²) in [5.41, 5.74) is 1.04. The molecule has 2 aromatic carbocycles. The van der Waals surface area contributed by atoms with Gasteiger partial charge in [0.25, 0.3) is 0 Å². The lowest BCUT2D eigenvalue weighted by atomic mass is 10.2. The van der Waals surface area contributed by atoms with Crippen LogP contribution in [0.5, 0.6) is 0 Å². The van der Waals surface area contributed by atoms with E-state index < -0.39 is 23.4 Å². The molecule has 2 aromatic rings. The monoisotopic (exact) mass is 328 g/mol. The molecule has 0 aliphatic heterocycles. The van der Waals surface area contributed by atoms with Gasteiger partial charge in [0, 0.05) is 0 Å². The van der Waals surface area contributed by atoms with Crippen LogP contribution >= 0.6 is 11.6 Å². The first-order valence-electron chi connectivity index (χ1n) is 6.32. The van der Waals surface area contributed by atoms with Gasteiger partial charge in [-0.3, -0.25) is 4.79 Å². The lowest BCUT2D eigenvalue weighted by Crippen LogP contribution is -2.22. The van der Waals surface area contributed by atoms with Crippen LogP contribution < -0.4 is 10.6 Å². The third kappa shape index (κ3) is 3.71. The zero-order valence-electron chi connectivity index (χ0n) is 11.5. The molecule has 0 saturated carbocycles. The molecule has 0 aromatic heterocycles. The van der Waals surface area contributed by atoms with Crippen LogP contribution in [-0.4, -0.2) is 12.5 Å². The predicted molar refractivity (Wildman–Crippen MR) is 79.6 cm³/mol. The van der Waals surface area contributed by atoms with Crippen molar-refractivity contribution in [3.05, 3.63) is 58.4 Å². The lowest BCUT2D eigenvalue weighted by Gasteiger charge is -2.10. The van der Waals surface area contributed by atoms with Crippen molar-refractivity contribution >= 4 is 28.9 Å². The fraction of sp³-hybridized carbons (Fsp3) is 0.133. The van der Waals surface area contributed by atoms with E-state index in [2.05, 4.69) is 10.6 Å². The van der Waals surface area contributed by atoms with Gasteiger partial charge in [-0.2, -0.15) is 0 Å². The highest BCUT2D eigenvalue weighted by atomic mass is 35.5. The van der Waals surface area contributed by atoms with Gasteiger partial charge in [-0.25, -0.2) is 13.2 Å². The quantitative estimate of drug-likeness (QED) is 0.829. The Labute approximate surface area is 130 Å². The van der Waals surface area contributed by atoms with Gasteiger partial charge >= 0.3 is 0 Å². The number of carbonyl (C=O) groups excluding carboxylic acids is 1. The van der Waals surface area contributed by atoms with Gasteiger partial charge in [-0.15, -0.1) is 0 Å². The fourth-order valence-corrected chi connectivity index (χ4v) is 2.04. The lowest BCUT2D eigenvalue weighted by molar-refractivity contribution is -0.114. The number of anilines is 2. The Hall–Kier alpha value is -2.21. The van der Waals surface area contributed by atoms with Crippen LogP contribution in [0.15, 0.2) is 30.3 Å². The SMILES string of the molecule is Cc1ccc(NC(=O)CNc2ccc(F)c(F)c2F)c(Cl)c1. The first-order chi connectivity index (χ1) is 10.4. The molecule has 22 heavy (non-hydrogen) atoms. The van der Waals surface area contributed by atoms with Crippen molar-refractivity contribution in [3.63, 3.8) is 0 Å². The molecule has 0 fully saturated rings. The number of nitrogens with one attached hydrogen (secondary N) is 2. The molecule has 0 heterocycles. The minimum absolute atomic E-state index is 0.302. The maximum absolute atomic E-state index is 13.4. The smallest absolute Gasteiger partial charge is 0.243 e. The van der Waals surface area contributed by atoms with Crippen LogP contribution in [0.1, 0.15) is 5.56 Å². The van der Waals surface area contributed by atoms with E-state index in [0.29, 0.717) is 10.7 Å². The van der Waals surface area contributed by atoms with Crippen molar-refractivity contribution < 1.29 is 18.0 Å². The largest absolute Gasteiger partial charge is 0.374 e. The van der Waals surface area contributed by atoms with Crippen LogP contribution in [-0.2, 0) is 4.79 Å². The summed E-state index contributed by atoms with van der Waals surface area (Å²) in [4.78, 5) is 11.8. The van der Waals surface area contributed by atoms with Crippen LogP contribution in [0.2, 0.25) is 5.02 Å². The standard InChI is InChI=1S/C15H12ClF3N2O/c1-8-2-4-11(9(16)6-8)21-13(22)7-20-12-5-3-10(17)14(18)15(12)19/h2-6,20H,7H2,1H3,(H,21,22). The summed E-state index contributed by atoms with van der Waals surface area (Å²) in [7, 11) is 0. The molecular formula is C15H12ClF3N2O. The van der Waals surface area contributed by atoms with E-state index >= 15 is 0 Å². The average Bonchev–Trinajstić information content (AvgIpc) is 2.47. The Morgan fingerprint density at radius 2 is 1.77 bits per heavy atom. The van der Waals surface area contributed by atoms with Crippen LogP contribution in [0.3, 0.4) is 0 Å². The highest BCUT2D eigenvalue weighted by molar-refractivity contribution is 6.33. The molecule has 2 rings (SSSR count). The molecule has 0 bridgehead atoms. The summed E-state index contributed by atoms with van der Waals surface area (Å²) in [6.07, 6.45) is 0. The fourth-order valence-electron chi connectivity index (χ4n) is 1.75. The van der Waals surface area contributed by atoms with E-state index in [0.717, 1.165) is 17.7 Å². The molecule has 7 heteroatoms. The van der Waals surface area contributed by atoms with E-state index in [1.807, 2.05) is 6.92 Å². The minimum Gasteiger partial charge on any atom is -0.374 e. The number of halogens is 4. The molecule has 0 atom stereocenters. The van der Waals surface area contributed by atoms with Gasteiger partial charge in [-0.05, 0) is 36.8 Å². The number of hydrogen-bond donors (Lipinski definition) is 2. The Morgan fingerprint density at radius 1 is 1.09 bits per heavy atom. The molecular weight excluding hydrogens is 317 g/mol. The molecule has 0 unspecified atom stereocenters. The van der Waals surface area contributed by atoms with Gasteiger partial charge in [0.2, 0.25) is 5.91 Å². The van der Waals surface area contributed by atoms with E-state index in [4.69, 9.17) is 11.6 Å². The summed E-state index contributed by atoms with van der Waals surface area (Å²) >= 11 is 5.97. The van der Waals surface area contributed by atoms with Gasteiger partial charge in [-0.1, -0.05) is 17.7 Å². The highest BCUT2D eigenvalue weighted by Crippen LogP contribution is 2.23. The molecule has 1 amide bonds. The molecule has 0 spiro atoms. The number of rotatable bonds is 4. The van der Waals surface area contributed by atoms with E-state index in [1.54, 1.807) is 18.2 Å². The number of amides is 1. The zero-order chi connectivity index (χ0) is 16.3. The van der Waals surface area contributed by atoms with Crippen molar-refractivity contribution in [1.82, 2.24) is 0 Å². The molecule has 0 aliphatic carbocycles.